The molecule has 0 atom stereocenters. The lowest BCUT2D eigenvalue weighted by Gasteiger charge is -2.01. The minimum atomic E-state index is -0.150. The first-order valence-corrected chi connectivity index (χ1v) is 7.46. The third-order valence-corrected chi connectivity index (χ3v) is 3.86. The molecule has 0 saturated carbocycles. The van der Waals surface area contributed by atoms with E-state index in [4.69, 9.17) is 0 Å². The van der Waals surface area contributed by atoms with Gasteiger partial charge in [0.05, 0.1) is 4.88 Å². The number of carbonyl (C=O) groups is 1. The summed E-state index contributed by atoms with van der Waals surface area (Å²) in [5.41, 5.74) is 2.86. The SMILES string of the molecule is O=C(C#Cc1cccs1)c1ccc(-c2ccccc2)cc1. The highest BCUT2D eigenvalue weighted by Crippen LogP contribution is 2.19. The molecule has 0 aliphatic carbocycles. The van der Waals surface area contributed by atoms with Crippen molar-refractivity contribution in [1.29, 1.82) is 0 Å². The average Bonchev–Trinajstić information content (AvgIpc) is 3.07. The van der Waals surface area contributed by atoms with Gasteiger partial charge in [0.1, 0.15) is 0 Å². The Labute approximate surface area is 127 Å². The maximum absolute atomic E-state index is 12.0. The first-order valence-electron chi connectivity index (χ1n) is 6.58. The lowest BCUT2D eigenvalue weighted by Crippen LogP contribution is -1.94. The molecule has 0 unspecified atom stereocenters. The van der Waals surface area contributed by atoms with Crippen molar-refractivity contribution in [3.05, 3.63) is 82.6 Å². The van der Waals surface area contributed by atoms with E-state index < -0.39 is 0 Å². The van der Waals surface area contributed by atoms with E-state index in [0.29, 0.717) is 5.56 Å². The second-order valence-electron chi connectivity index (χ2n) is 4.50. The van der Waals surface area contributed by atoms with E-state index in [1.807, 2.05) is 72.1 Å². The summed E-state index contributed by atoms with van der Waals surface area (Å²) in [5, 5.41) is 1.95. The molecule has 3 aromatic rings. The van der Waals surface area contributed by atoms with Gasteiger partial charge in [-0.1, -0.05) is 48.5 Å². The average molecular weight is 288 g/mol. The molecule has 0 bridgehead atoms. The number of hydrogen-bond acceptors (Lipinski definition) is 2. The van der Waals surface area contributed by atoms with Gasteiger partial charge in [-0.05, 0) is 46.5 Å². The standard InChI is InChI=1S/C19H12OS/c20-19(13-12-18-7-4-14-21-18)17-10-8-16(9-11-17)15-5-2-1-3-6-15/h1-11,14H. The highest BCUT2D eigenvalue weighted by Gasteiger charge is 2.03. The number of ketones is 1. The molecule has 0 saturated heterocycles. The molecule has 0 fully saturated rings. The van der Waals surface area contributed by atoms with E-state index in [2.05, 4.69) is 11.8 Å². The van der Waals surface area contributed by atoms with Crippen molar-refractivity contribution in [2.45, 2.75) is 0 Å². The Balaban J connectivity index is 1.80. The fourth-order valence-corrected chi connectivity index (χ4v) is 2.56. The van der Waals surface area contributed by atoms with Crippen molar-refractivity contribution >= 4 is 17.1 Å². The summed E-state index contributed by atoms with van der Waals surface area (Å²) in [6.07, 6.45) is 0. The third kappa shape index (κ3) is 3.28. The second-order valence-corrected chi connectivity index (χ2v) is 5.45. The zero-order valence-electron chi connectivity index (χ0n) is 11.2. The summed E-state index contributed by atoms with van der Waals surface area (Å²) in [7, 11) is 0. The minimum Gasteiger partial charge on any atom is -0.279 e. The van der Waals surface area contributed by atoms with Gasteiger partial charge in [-0.3, -0.25) is 4.79 Å². The van der Waals surface area contributed by atoms with Crippen molar-refractivity contribution < 1.29 is 4.79 Å². The van der Waals surface area contributed by atoms with Gasteiger partial charge in [0, 0.05) is 5.56 Å². The highest BCUT2D eigenvalue weighted by molar-refractivity contribution is 7.10. The second kappa shape index (κ2) is 6.21. The van der Waals surface area contributed by atoms with Crippen LogP contribution in [0.4, 0.5) is 0 Å². The largest absolute Gasteiger partial charge is 0.279 e. The smallest absolute Gasteiger partial charge is 0.236 e. The Morgan fingerprint density at radius 2 is 1.52 bits per heavy atom. The molecule has 0 spiro atoms. The first-order chi connectivity index (χ1) is 10.3. The zero-order chi connectivity index (χ0) is 14.5. The van der Waals surface area contributed by atoms with E-state index in [0.717, 1.165) is 16.0 Å². The van der Waals surface area contributed by atoms with Crippen molar-refractivity contribution in [3.63, 3.8) is 0 Å². The van der Waals surface area contributed by atoms with Crippen LogP contribution in [0.5, 0.6) is 0 Å². The maximum Gasteiger partial charge on any atom is 0.236 e. The molecule has 2 heteroatoms. The molecular formula is C19H12OS. The number of hydrogen-bond donors (Lipinski definition) is 0. The van der Waals surface area contributed by atoms with Crippen molar-refractivity contribution in [2.75, 3.05) is 0 Å². The molecule has 0 aliphatic heterocycles. The van der Waals surface area contributed by atoms with Crippen LogP contribution in [0, 0.1) is 11.8 Å². The fraction of sp³-hybridized carbons (Fsp3) is 0. The molecular weight excluding hydrogens is 276 g/mol. The monoisotopic (exact) mass is 288 g/mol. The summed E-state index contributed by atoms with van der Waals surface area (Å²) in [6, 6.07) is 21.5. The third-order valence-electron chi connectivity index (χ3n) is 3.07. The van der Waals surface area contributed by atoms with Gasteiger partial charge in [-0.25, -0.2) is 0 Å². The van der Waals surface area contributed by atoms with E-state index in [9.17, 15) is 4.79 Å². The summed E-state index contributed by atoms with van der Waals surface area (Å²) >= 11 is 1.53. The zero-order valence-corrected chi connectivity index (χ0v) is 12.1. The Morgan fingerprint density at radius 3 is 2.19 bits per heavy atom. The number of Topliss-reactive ketones (excluding diaryl/α,β-unsaturated/α-hetero) is 1. The molecule has 0 amide bonds. The molecule has 2 aromatic carbocycles. The molecule has 1 heterocycles. The number of rotatable bonds is 2. The van der Waals surface area contributed by atoms with Crippen LogP contribution < -0.4 is 0 Å². The van der Waals surface area contributed by atoms with Crippen LogP contribution in [0.25, 0.3) is 11.1 Å². The van der Waals surface area contributed by atoms with Crippen LogP contribution in [0.3, 0.4) is 0 Å². The van der Waals surface area contributed by atoms with E-state index in [1.54, 1.807) is 0 Å². The van der Waals surface area contributed by atoms with Crippen molar-refractivity contribution in [3.8, 4) is 23.0 Å². The molecule has 1 nitrogen and oxygen atoms in total. The summed E-state index contributed by atoms with van der Waals surface area (Å²) in [6.45, 7) is 0. The van der Waals surface area contributed by atoms with Crippen LogP contribution in [-0.2, 0) is 0 Å². The lowest BCUT2D eigenvalue weighted by molar-refractivity contribution is 0.105. The van der Waals surface area contributed by atoms with Gasteiger partial charge in [0.15, 0.2) is 0 Å². The highest BCUT2D eigenvalue weighted by atomic mass is 32.1. The Morgan fingerprint density at radius 1 is 0.810 bits per heavy atom. The molecule has 0 N–H and O–H groups in total. The first kappa shape index (κ1) is 13.4. The van der Waals surface area contributed by atoms with E-state index in [-0.39, 0.29) is 5.78 Å². The predicted octanol–water partition coefficient (Wildman–Crippen LogP) is 4.65. The Bertz CT molecular complexity index is 788. The van der Waals surface area contributed by atoms with Crippen molar-refractivity contribution in [1.82, 2.24) is 0 Å². The van der Waals surface area contributed by atoms with Crippen LogP contribution in [0.2, 0.25) is 0 Å². The predicted molar refractivity (Wildman–Crippen MR) is 87.4 cm³/mol. The maximum atomic E-state index is 12.0. The Kier molecular flexibility index (Phi) is 3.95. The van der Waals surface area contributed by atoms with E-state index in [1.165, 1.54) is 11.3 Å². The number of carbonyl (C=O) groups excluding carboxylic acids is 1. The normalized spacial score (nSPS) is 9.71. The van der Waals surface area contributed by atoms with Gasteiger partial charge in [-0.2, -0.15) is 0 Å². The number of benzene rings is 2. The van der Waals surface area contributed by atoms with Crippen LogP contribution in [0.1, 0.15) is 15.2 Å². The van der Waals surface area contributed by atoms with Gasteiger partial charge < -0.3 is 0 Å². The minimum absolute atomic E-state index is 0.150. The molecule has 1 aromatic heterocycles. The topological polar surface area (TPSA) is 17.1 Å². The lowest BCUT2D eigenvalue weighted by atomic mass is 10.0. The van der Waals surface area contributed by atoms with Gasteiger partial charge >= 0.3 is 0 Å². The Hall–Kier alpha value is -2.63. The molecule has 3 rings (SSSR count). The van der Waals surface area contributed by atoms with Gasteiger partial charge in [0.25, 0.3) is 0 Å². The van der Waals surface area contributed by atoms with Gasteiger partial charge in [0.2, 0.25) is 5.78 Å². The summed E-state index contributed by atoms with van der Waals surface area (Å²) < 4.78 is 0. The molecule has 21 heavy (non-hydrogen) atoms. The summed E-state index contributed by atoms with van der Waals surface area (Å²) in [5.74, 6) is 5.42. The van der Waals surface area contributed by atoms with Crippen LogP contribution in [-0.4, -0.2) is 5.78 Å². The quantitative estimate of drug-likeness (QED) is 0.495. The van der Waals surface area contributed by atoms with Crippen molar-refractivity contribution in [2.24, 2.45) is 0 Å². The fourth-order valence-electron chi connectivity index (χ4n) is 1.98. The summed E-state index contributed by atoms with van der Waals surface area (Å²) in [4.78, 5) is 12.9. The van der Waals surface area contributed by atoms with Crippen LogP contribution in [0.15, 0.2) is 72.1 Å². The van der Waals surface area contributed by atoms with Gasteiger partial charge in [-0.15, -0.1) is 11.3 Å². The number of thiophene rings is 1. The molecule has 100 valence electrons. The van der Waals surface area contributed by atoms with E-state index >= 15 is 0 Å². The molecule has 0 aliphatic rings. The molecule has 0 radical (unpaired) electrons. The van der Waals surface area contributed by atoms with Crippen LogP contribution >= 0.6 is 11.3 Å².